The van der Waals surface area contributed by atoms with Gasteiger partial charge in [-0.25, -0.2) is 4.98 Å². The number of nitrogens with zero attached hydrogens (tertiary/aromatic N) is 3. The molecule has 1 aromatic heterocycles. The number of anilines is 2. The molecule has 10 heteroatoms. The number of hydrogen-bond donors (Lipinski definition) is 2. The number of rotatable bonds is 2. The minimum atomic E-state index is -4.66. The second-order valence-corrected chi connectivity index (χ2v) is 4.40. The molecule has 1 saturated heterocycles. The topological polar surface area (TPSA) is 87.2 Å². The van der Waals surface area contributed by atoms with E-state index in [0.29, 0.717) is 6.07 Å². The monoisotopic (exact) mass is 303 g/mol. The van der Waals surface area contributed by atoms with Crippen molar-refractivity contribution < 1.29 is 22.8 Å². The van der Waals surface area contributed by atoms with Gasteiger partial charge >= 0.3 is 6.18 Å². The molecule has 2 rings (SSSR count). The molecule has 0 aliphatic carbocycles. The zero-order chi connectivity index (χ0) is 15.8. The van der Waals surface area contributed by atoms with Gasteiger partial charge in [0.25, 0.3) is 0 Å². The van der Waals surface area contributed by atoms with Crippen molar-refractivity contribution in [2.75, 3.05) is 23.8 Å². The summed E-state index contributed by atoms with van der Waals surface area (Å²) in [5, 5.41) is 4.52. The molecule has 1 aliphatic rings. The Kier molecular flexibility index (Phi) is 3.71. The fourth-order valence-electron chi connectivity index (χ4n) is 1.83. The summed E-state index contributed by atoms with van der Waals surface area (Å²) < 4.78 is 38.5. The number of halogens is 3. The first-order chi connectivity index (χ1) is 9.72. The maximum Gasteiger partial charge on any atom is 0.433 e. The fourth-order valence-corrected chi connectivity index (χ4v) is 1.83. The third-order valence-electron chi connectivity index (χ3n) is 2.94. The molecule has 1 unspecified atom stereocenters. The highest BCUT2D eigenvalue weighted by Gasteiger charge is 2.36. The number of imide groups is 1. The van der Waals surface area contributed by atoms with Crippen LogP contribution in [0.3, 0.4) is 0 Å². The molecule has 7 nitrogen and oxygen atoms in total. The van der Waals surface area contributed by atoms with Crippen LogP contribution in [0.15, 0.2) is 6.07 Å². The van der Waals surface area contributed by atoms with Crippen molar-refractivity contribution in [1.29, 1.82) is 0 Å². The van der Waals surface area contributed by atoms with Crippen LogP contribution in [0.25, 0.3) is 0 Å². The molecule has 2 N–H and O–H groups in total. The van der Waals surface area contributed by atoms with Gasteiger partial charge in [0.15, 0.2) is 5.69 Å². The molecule has 1 atom stereocenters. The van der Waals surface area contributed by atoms with Crippen LogP contribution in [0, 0.1) is 0 Å². The highest BCUT2D eigenvalue weighted by molar-refractivity contribution is 6.04. The number of amides is 2. The summed E-state index contributed by atoms with van der Waals surface area (Å²) in [4.78, 5) is 31.3. The van der Waals surface area contributed by atoms with E-state index in [1.165, 1.54) is 18.9 Å². The van der Waals surface area contributed by atoms with E-state index in [4.69, 9.17) is 0 Å². The molecule has 1 aliphatic heterocycles. The van der Waals surface area contributed by atoms with E-state index in [2.05, 4.69) is 20.6 Å². The van der Waals surface area contributed by atoms with Crippen LogP contribution >= 0.6 is 0 Å². The number of piperazine rings is 1. The van der Waals surface area contributed by atoms with E-state index in [1.807, 2.05) is 0 Å². The predicted octanol–water partition coefficient (Wildman–Crippen LogP) is 0.388. The molecule has 0 bridgehead atoms. The Morgan fingerprint density at radius 1 is 1.38 bits per heavy atom. The summed E-state index contributed by atoms with van der Waals surface area (Å²) >= 11 is 0. The minimum Gasteiger partial charge on any atom is -0.357 e. The number of hydrogen-bond acceptors (Lipinski definition) is 6. The summed E-state index contributed by atoms with van der Waals surface area (Å²) in [5.41, 5.74) is -1.15. The van der Waals surface area contributed by atoms with Crippen LogP contribution in [0.2, 0.25) is 0 Å². The van der Waals surface area contributed by atoms with Gasteiger partial charge in [-0.2, -0.15) is 18.2 Å². The summed E-state index contributed by atoms with van der Waals surface area (Å²) in [6.07, 6.45) is -4.66. The Hall–Kier alpha value is -2.39. The third kappa shape index (κ3) is 3.03. The van der Waals surface area contributed by atoms with Crippen LogP contribution in [0.4, 0.5) is 24.9 Å². The van der Waals surface area contributed by atoms with Crippen LogP contribution < -0.4 is 15.5 Å². The molecule has 21 heavy (non-hydrogen) atoms. The lowest BCUT2D eigenvalue weighted by atomic mass is 10.2. The molecule has 1 aromatic rings. The number of aromatic nitrogens is 2. The van der Waals surface area contributed by atoms with E-state index < -0.39 is 29.7 Å². The van der Waals surface area contributed by atoms with Gasteiger partial charge in [0.05, 0.1) is 6.54 Å². The standard InChI is InChI=1S/C11H12F3N5O2/c1-5-9(21)18-8(20)4-19(5)7-3-6(11(12,13)14)16-10(15-2)17-7/h3,5H,4H2,1-2H3,(H,15,16,17)(H,18,20,21). The Labute approximate surface area is 117 Å². The first-order valence-electron chi connectivity index (χ1n) is 5.96. The molecule has 0 spiro atoms. The average Bonchev–Trinajstić information content (AvgIpc) is 2.41. The molecule has 0 aromatic carbocycles. The van der Waals surface area contributed by atoms with E-state index in [0.717, 1.165) is 0 Å². The summed E-state index contributed by atoms with van der Waals surface area (Å²) in [6, 6.07) is -0.105. The number of alkyl halides is 3. The zero-order valence-electron chi connectivity index (χ0n) is 11.2. The lowest BCUT2D eigenvalue weighted by molar-refractivity contribution is -0.141. The van der Waals surface area contributed by atoms with E-state index >= 15 is 0 Å². The minimum absolute atomic E-state index is 0.141. The highest BCUT2D eigenvalue weighted by Crippen LogP contribution is 2.31. The highest BCUT2D eigenvalue weighted by atomic mass is 19.4. The van der Waals surface area contributed by atoms with Crippen molar-refractivity contribution in [3.63, 3.8) is 0 Å². The van der Waals surface area contributed by atoms with E-state index in [-0.39, 0.29) is 18.3 Å². The summed E-state index contributed by atoms with van der Waals surface area (Å²) in [7, 11) is 1.37. The molecule has 114 valence electrons. The maximum absolute atomic E-state index is 12.8. The smallest absolute Gasteiger partial charge is 0.357 e. The first-order valence-corrected chi connectivity index (χ1v) is 5.96. The van der Waals surface area contributed by atoms with Gasteiger partial charge in [0.2, 0.25) is 17.8 Å². The van der Waals surface area contributed by atoms with Gasteiger partial charge in [-0.05, 0) is 6.92 Å². The Bertz CT molecular complexity index is 590. The normalized spacial score (nSPS) is 19.5. The summed E-state index contributed by atoms with van der Waals surface area (Å²) in [5.74, 6) is -1.58. The van der Waals surface area contributed by atoms with E-state index in [9.17, 15) is 22.8 Å². The van der Waals surface area contributed by atoms with Gasteiger partial charge in [0, 0.05) is 13.1 Å². The zero-order valence-corrected chi connectivity index (χ0v) is 11.2. The summed E-state index contributed by atoms with van der Waals surface area (Å²) in [6.45, 7) is 1.21. The van der Waals surface area contributed by atoms with Gasteiger partial charge < -0.3 is 10.2 Å². The maximum atomic E-state index is 12.8. The molecular weight excluding hydrogens is 291 g/mol. The molecule has 0 saturated carbocycles. The lowest BCUT2D eigenvalue weighted by Gasteiger charge is -2.32. The fraction of sp³-hybridized carbons (Fsp3) is 0.455. The quantitative estimate of drug-likeness (QED) is 0.769. The van der Waals surface area contributed by atoms with Crippen LogP contribution in [0.1, 0.15) is 12.6 Å². The molecule has 1 fully saturated rings. The molecular formula is C11H12F3N5O2. The number of carbonyl (C=O) groups excluding carboxylic acids is 2. The van der Waals surface area contributed by atoms with Crippen molar-refractivity contribution >= 4 is 23.6 Å². The van der Waals surface area contributed by atoms with Crippen molar-refractivity contribution in [3.05, 3.63) is 11.8 Å². The Morgan fingerprint density at radius 3 is 2.62 bits per heavy atom. The number of carbonyl (C=O) groups is 2. The lowest BCUT2D eigenvalue weighted by Crippen LogP contribution is -2.57. The third-order valence-corrected chi connectivity index (χ3v) is 2.94. The van der Waals surface area contributed by atoms with Crippen LogP contribution in [-0.2, 0) is 15.8 Å². The second-order valence-electron chi connectivity index (χ2n) is 4.40. The van der Waals surface area contributed by atoms with Gasteiger partial charge in [-0.3, -0.25) is 14.9 Å². The Morgan fingerprint density at radius 2 is 2.05 bits per heavy atom. The van der Waals surface area contributed by atoms with E-state index in [1.54, 1.807) is 0 Å². The molecule has 0 radical (unpaired) electrons. The van der Waals surface area contributed by atoms with Crippen molar-refractivity contribution in [3.8, 4) is 0 Å². The Balaban J connectivity index is 2.47. The molecule has 2 heterocycles. The van der Waals surface area contributed by atoms with Crippen molar-refractivity contribution in [1.82, 2.24) is 15.3 Å². The molecule has 2 amide bonds. The van der Waals surface area contributed by atoms with Gasteiger partial charge in [-0.15, -0.1) is 0 Å². The second kappa shape index (κ2) is 5.19. The van der Waals surface area contributed by atoms with Gasteiger partial charge in [0.1, 0.15) is 11.9 Å². The first kappa shape index (κ1) is 15.0. The largest absolute Gasteiger partial charge is 0.433 e. The van der Waals surface area contributed by atoms with Crippen molar-refractivity contribution in [2.45, 2.75) is 19.1 Å². The van der Waals surface area contributed by atoms with Gasteiger partial charge in [-0.1, -0.05) is 0 Å². The average molecular weight is 303 g/mol. The van der Waals surface area contributed by atoms with Crippen molar-refractivity contribution in [2.24, 2.45) is 0 Å². The van der Waals surface area contributed by atoms with Crippen LogP contribution in [-0.4, -0.2) is 41.4 Å². The van der Waals surface area contributed by atoms with Crippen LogP contribution in [0.5, 0.6) is 0 Å². The predicted molar refractivity (Wildman–Crippen MR) is 66.5 cm³/mol. The SMILES string of the molecule is CNc1nc(N2CC(=O)NC(=O)C2C)cc(C(F)(F)F)n1. The number of nitrogens with one attached hydrogen (secondary N) is 2.